The standard InChI is InChI=1S/C16H18BrN3O/c17-11-6-7-12-10(9-11)3-1-5-14-15(12)19-16(20(14)21)13-4-2-8-18-13/h6-7,9,13,18,21H,1-5,8H2/p+1. The maximum atomic E-state index is 10.6. The van der Waals surface area contributed by atoms with Crippen molar-refractivity contribution in [3.8, 4) is 11.3 Å². The van der Waals surface area contributed by atoms with Gasteiger partial charge in [0.05, 0.1) is 17.9 Å². The number of benzene rings is 1. The summed E-state index contributed by atoms with van der Waals surface area (Å²) >= 11 is 3.55. The summed E-state index contributed by atoms with van der Waals surface area (Å²) in [6.07, 6.45) is 5.28. The molecule has 0 spiro atoms. The first-order valence-corrected chi connectivity index (χ1v) is 8.46. The Morgan fingerprint density at radius 1 is 1.29 bits per heavy atom. The van der Waals surface area contributed by atoms with Crippen molar-refractivity contribution in [3.05, 3.63) is 39.8 Å². The van der Waals surface area contributed by atoms with Crippen LogP contribution in [0, 0.1) is 0 Å². The van der Waals surface area contributed by atoms with Crippen LogP contribution in [0.3, 0.4) is 0 Å². The van der Waals surface area contributed by atoms with Crippen LogP contribution in [0.2, 0.25) is 0 Å². The molecule has 5 heteroatoms. The van der Waals surface area contributed by atoms with Crippen LogP contribution in [0.1, 0.15) is 42.4 Å². The van der Waals surface area contributed by atoms with Crippen molar-refractivity contribution in [2.75, 3.05) is 6.54 Å². The molecule has 0 radical (unpaired) electrons. The second-order valence-electron chi connectivity index (χ2n) is 6.01. The van der Waals surface area contributed by atoms with E-state index in [1.54, 1.807) is 0 Å². The van der Waals surface area contributed by atoms with E-state index in [0.717, 1.165) is 53.9 Å². The molecule has 1 aliphatic carbocycles. The van der Waals surface area contributed by atoms with Gasteiger partial charge in [-0.15, -0.1) is 0 Å². The molecular weight excluding hydrogens is 330 g/mol. The molecule has 4 nitrogen and oxygen atoms in total. The van der Waals surface area contributed by atoms with Gasteiger partial charge < -0.3 is 10.5 Å². The summed E-state index contributed by atoms with van der Waals surface area (Å²) in [5.74, 6) is 0.827. The third-order valence-corrected chi connectivity index (χ3v) is 5.15. The van der Waals surface area contributed by atoms with Crippen LogP contribution in [0.25, 0.3) is 11.3 Å². The highest BCUT2D eigenvalue weighted by molar-refractivity contribution is 9.10. The van der Waals surface area contributed by atoms with Crippen LogP contribution in [0.15, 0.2) is 22.7 Å². The molecule has 1 fully saturated rings. The molecule has 21 heavy (non-hydrogen) atoms. The molecule has 110 valence electrons. The van der Waals surface area contributed by atoms with E-state index < -0.39 is 0 Å². The Morgan fingerprint density at radius 3 is 3.00 bits per heavy atom. The van der Waals surface area contributed by atoms with Crippen LogP contribution in [-0.2, 0) is 12.8 Å². The van der Waals surface area contributed by atoms with E-state index in [1.165, 1.54) is 22.3 Å². The number of aromatic nitrogens is 2. The topological polar surface area (TPSA) is 54.7 Å². The van der Waals surface area contributed by atoms with Gasteiger partial charge >= 0.3 is 0 Å². The Labute approximate surface area is 132 Å². The van der Waals surface area contributed by atoms with Gasteiger partial charge in [0.1, 0.15) is 6.04 Å². The number of nitrogens with two attached hydrogens (primary N) is 1. The molecule has 2 heterocycles. The van der Waals surface area contributed by atoms with Gasteiger partial charge in [-0.3, -0.25) is 0 Å². The number of rotatable bonds is 1. The molecule has 0 saturated carbocycles. The Bertz CT molecular complexity index is 689. The lowest BCUT2D eigenvalue weighted by molar-refractivity contribution is -0.677. The normalized spacial score (nSPS) is 20.9. The lowest BCUT2D eigenvalue weighted by atomic mass is 10.0. The molecular formula is C16H19BrN3O+. The first-order valence-electron chi connectivity index (χ1n) is 7.67. The molecule has 1 aliphatic heterocycles. The maximum absolute atomic E-state index is 10.6. The van der Waals surface area contributed by atoms with Gasteiger partial charge in [0.25, 0.3) is 0 Å². The fourth-order valence-corrected chi connectivity index (χ4v) is 4.01. The molecule has 2 aromatic rings. The van der Waals surface area contributed by atoms with Gasteiger partial charge in [0.15, 0.2) is 0 Å². The predicted octanol–water partition coefficient (Wildman–Crippen LogP) is 2.44. The number of quaternary nitrogens is 1. The molecule has 1 aromatic heterocycles. The maximum Gasteiger partial charge on any atom is 0.203 e. The van der Waals surface area contributed by atoms with Crippen LogP contribution in [0.5, 0.6) is 0 Å². The molecule has 1 atom stereocenters. The molecule has 1 aromatic carbocycles. The average molecular weight is 349 g/mol. The van der Waals surface area contributed by atoms with Gasteiger partial charge in [0.2, 0.25) is 5.82 Å². The van der Waals surface area contributed by atoms with Crippen LogP contribution in [0.4, 0.5) is 0 Å². The summed E-state index contributed by atoms with van der Waals surface area (Å²) < 4.78 is 2.48. The Morgan fingerprint density at radius 2 is 2.19 bits per heavy atom. The number of halogens is 1. The summed E-state index contributed by atoms with van der Waals surface area (Å²) in [6, 6.07) is 6.67. The number of hydrogen-bond donors (Lipinski definition) is 2. The molecule has 2 aliphatic rings. The van der Waals surface area contributed by atoms with Crippen molar-refractivity contribution in [3.63, 3.8) is 0 Å². The van der Waals surface area contributed by atoms with Crippen molar-refractivity contribution in [1.29, 1.82) is 0 Å². The predicted molar refractivity (Wildman–Crippen MR) is 83.3 cm³/mol. The van der Waals surface area contributed by atoms with Crippen molar-refractivity contribution in [2.45, 2.75) is 38.1 Å². The van der Waals surface area contributed by atoms with Crippen LogP contribution < -0.4 is 5.32 Å². The van der Waals surface area contributed by atoms with E-state index >= 15 is 0 Å². The second-order valence-corrected chi connectivity index (χ2v) is 6.92. The first kappa shape index (κ1) is 13.3. The number of fused-ring (bicyclic) bond motifs is 3. The average Bonchev–Trinajstić information content (AvgIpc) is 3.05. The van der Waals surface area contributed by atoms with E-state index in [2.05, 4.69) is 39.4 Å². The van der Waals surface area contributed by atoms with E-state index in [0.29, 0.717) is 6.04 Å². The van der Waals surface area contributed by atoms with Crippen LogP contribution >= 0.6 is 15.9 Å². The SMILES string of the molecule is On1c(C2CCC[NH2+]2)nc2c1CCCc1cc(Br)ccc1-2. The summed E-state index contributed by atoms with van der Waals surface area (Å²) in [5.41, 5.74) is 4.46. The summed E-state index contributed by atoms with van der Waals surface area (Å²) in [7, 11) is 0. The monoisotopic (exact) mass is 348 g/mol. The van der Waals surface area contributed by atoms with Crippen molar-refractivity contribution in [1.82, 2.24) is 9.71 Å². The lowest BCUT2D eigenvalue weighted by Gasteiger charge is -2.07. The summed E-state index contributed by atoms with van der Waals surface area (Å²) in [6.45, 7) is 1.13. The molecule has 0 amide bonds. The van der Waals surface area contributed by atoms with E-state index in [1.807, 2.05) is 0 Å². The molecule has 0 bridgehead atoms. The molecule has 1 unspecified atom stereocenters. The van der Waals surface area contributed by atoms with E-state index in [4.69, 9.17) is 4.98 Å². The first-order chi connectivity index (χ1) is 10.2. The van der Waals surface area contributed by atoms with Gasteiger partial charge in [-0.25, -0.2) is 4.98 Å². The second kappa shape index (κ2) is 5.14. The number of imidazole rings is 1. The minimum absolute atomic E-state index is 0.306. The Hall–Kier alpha value is -1.33. The Kier molecular flexibility index (Phi) is 3.27. The van der Waals surface area contributed by atoms with Gasteiger partial charge in [0, 0.05) is 22.9 Å². The minimum Gasteiger partial charge on any atom is -0.427 e. The third kappa shape index (κ3) is 2.19. The Balaban J connectivity index is 1.86. The summed E-state index contributed by atoms with van der Waals surface area (Å²) in [4.78, 5) is 4.83. The fourth-order valence-electron chi connectivity index (χ4n) is 3.60. The quantitative estimate of drug-likeness (QED) is 0.777. The zero-order chi connectivity index (χ0) is 14.4. The number of hydrogen-bond acceptors (Lipinski definition) is 2. The van der Waals surface area contributed by atoms with E-state index in [-0.39, 0.29) is 0 Å². The number of aryl methyl sites for hydroxylation is 1. The highest BCUT2D eigenvalue weighted by Gasteiger charge is 2.30. The third-order valence-electron chi connectivity index (χ3n) is 4.66. The van der Waals surface area contributed by atoms with Crippen molar-refractivity contribution >= 4 is 15.9 Å². The van der Waals surface area contributed by atoms with E-state index in [9.17, 15) is 5.21 Å². The van der Waals surface area contributed by atoms with Gasteiger partial charge in [-0.1, -0.05) is 22.0 Å². The van der Waals surface area contributed by atoms with Crippen molar-refractivity contribution < 1.29 is 10.5 Å². The number of nitrogens with zero attached hydrogens (tertiary/aromatic N) is 2. The summed E-state index contributed by atoms with van der Waals surface area (Å²) in [5, 5.41) is 12.9. The lowest BCUT2D eigenvalue weighted by Crippen LogP contribution is -2.82. The zero-order valence-corrected chi connectivity index (χ0v) is 13.4. The minimum atomic E-state index is 0.306. The molecule has 3 N–H and O–H groups in total. The molecule has 1 saturated heterocycles. The fraction of sp³-hybridized carbons (Fsp3) is 0.438. The molecule has 4 rings (SSSR count). The van der Waals surface area contributed by atoms with Crippen molar-refractivity contribution in [2.24, 2.45) is 0 Å². The smallest absolute Gasteiger partial charge is 0.203 e. The van der Waals surface area contributed by atoms with Gasteiger partial charge in [-0.05, 0) is 37.0 Å². The highest BCUT2D eigenvalue weighted by Crippen LogP contribution is 2.35. The highest BCUT2D eigenvalue weighted by atomic mass is 79.9. The van der Waals surface area contributed by atoms with Gasteiger partial charge in [-0.2, -0.15) is 4.73 Å². The largest absolute Gasteiger partial charge is 0.427 e. The zero-order valence-electron chi connectivity index (χ0n) is 11.8. The van der Waals surface area contributed by atoms with Crippen LogP contribution in [-0.4, -0.2) is 21.5 Å².